The van der Waals surface area contributed by atoms with Gasteiger partial charge in [0.1, 0.15) is 5.84 Å². The van der Waals surface area contributed by atoms with Gasteiger partial charge >= 0.3 is 0 Å². The number of aryl methyl sites for hydroxylation is 1. The highest BCUT2D eigenvalue weighted by molar-refractivity contribution is 7.86. The second-order valence-corrected chi connectivity index (χ2v) is 6.26. The third-order valence-electron chi connectivity index (χ3n) is 2.92. The number of nitrogen functional groups attached to an aromatic ring is 1. The van der Waals surface area contributed by atoms with Crippen LogP contribution in [-0.2, 0) is 20.9 Å². The van der Waals surface area contributed by atoms with E-state index >= 15 is 0 Å². The standard InChI is InChI=1S/C15H16N2O3S/c1-11-3-2-4-14(9-11)21(18,19)20-10-12-5-7-13(8-6-12)15(16)17/h2-9H,10H2,1H3,(H3,16,17). The van der Waals surface area contributed by atoms with Crippen molar-refractivity contribution in [2.45, 2.75) is 18.4 Å². The highest BCUT2D eigenvalue weighted by atomic mass is 32.2. The van der Waals surface area contributed by atoms with Crippen molar-refractivity contribution in [1.29, 1.82) is 5.41 Å². The SMILES string of the molecule is Cc1cccc(S(=O)(=O)OCc2ccc(C(=N)N)cc2)c1. The Morgan fingerprint density at radius 3 is 2.43 bits per heavy atom. The van der Waals surface area contributed by atoms with Gasteiger partial charge < -0.3 is 5.73 Å². The Hall–Kier alpha value is -2.18. The first-order valence-corrected chi connectivity index (χ1v) is 7.69. The summed E-state index contributed by atoms with van der Waals surface area (Å²) in [6.45, 7) is 1.76. The number of benzene rings is 2. The molecule has 0 radical (unpaired) electrons. The number of nitrogens with one attached hydrogen (secondary N) is 1. The zero-order valence-electron chi connectivity index (χ0n) is 11.5. The second kappa shape index (κ2) is 6.07. The minimum Gasteiger partial charge on any atom is -0.384 e. The summed E-state index contributed by atoms with van der Waals surface area (Å²) in [4.78, 5) is 0.142. The van der Waals surface area contributed by atoms with Gasteiger partial charge in [-0.25, -0.2) is 0 Å². The molecule has 0 amide bonds. The maximum absolute atomic E-state index is 12.1. The fourth-order valence-electron chi connectivity index (χ4n) is 1.77. The van der Waals surface area contributed by atoms with Crippen molar-refractivity contribution in [2.75, 3.05) is 0 Å². The van der Waals surface area contributed by atoms with E-state index in [1.54, 1.807) is 36.4 Å². The normalized spacial score (nSPS) is 11.3. The molecule has 2 rings (SSSR count). The van der Waals surface area contributed by atoms with Crippen molar-refractivity contribution in [3.05, 3.63) is 65.2 Å². The predicted octanol–water partition coefficient (Wildman–Crippen LogP) is 2.18. The summed E-state index contributed by atoms with van der Waals surface area (Å²) in [5.74, 6) is -0.0325. The minimum absolute atomic E-state index is 0.0325. The van der Waals surface area contributed by atoms with Crippen LogP contribution in [0.4, 0.5) is 0 Å². The molecule has 0 heterocycles. The molecule has 0 fully saturated rings. The summed E-state index contributed by atoms with van der Waals surface area (Å²) in [6.07, 6.45) is 0. The molecule has 110 valence electrons. The molecule has 0 aliphatic rings. The maximum atomic E-state index is 12.1. The molecule has 6 heteroatoms. The van der Waals surface area contributed by atoms with Gasteiger partial charge in [0.15, 0.2) is 0 Å². The summed E-state index contributed by atoms with van der Waals surface area (Å²) >= 11 is 0. The monoisotopic (exact) mass is 304 g/mol. The summed E-state index contributed by atoms with van der Waals surface area (Å²) in [7, 11) is -3.77. The van der Waals surface area contributed by atoms with E-state index in [2.05, 4.69) is 0 Å². The first kappa shape index (κ1) is 15.2. The topological polar surface area (TPSA) is 93.2 Å². The first-order chi connectivity index (χ1) is 9.88. The molecule has 0 bridgehead atoms. The zero-order valence-corrected chi connectivity index (χ0v) is 12.4. The number of hydrogen-bond acceptors (Lipinski definition) is 4. The molecule has 21 heavy (non-hydrogen) atoms. The fourth-order valence-corrected chi connectivity index (χ4v) is 2.77. The molecule has 0 atom stereocenters. The third-order valence-corrected chi connectivity index (χ3v) is 4.18. The van der Waals surface area contributed by atoms with Crippen LogP contribution in [0.1, 0.15) is 16.7 Å². The number of amidine groups is 1. The quantitative estimate of drug-likeness (QED) is 0.503. The summed E-state index contributed by atoms with van der Waals surface area (Å²) in [5.41, 5.74) is 7.48. The lowest BCUT2D eigenvalue weighted by atomic mass is 10.1. The summed E-state index contributed by atoms with van der Waals surface area (Å²) in [6, 6.07) is 13.2. The van der Waals surface area contributed by atoms with Crippen LogP contribution in [0, 0.1) is 12.3 Å². The number of hydrogen-bond donors (Lipinski definition) is 2. The highest BCUT2D eigenvalue weighted by Gasteiger charge is 2.15. The summed E-state index contributed by atoms with van der Waals surface area (Å²) in [5, 5.41) is 7.29. The van der Waals surface area contributed by atoms with Gasteiger partial charge in [-0.2, -0.15) is 8.42 Å². The van der Waals surface area contributed by atoms with Crippen molar-refractivity contribution in [3.63, 3.8) is 0 Å². The van der Waals surface area contributed by atoms with Crippen molar-refractivity contribution in [2.24, 2.45) is 5.73 Å². The first-order valence-electron chi connectivity index (χ1n) is 6.28. The number of rotatable bonds is 5. The smallest absolute Gasteiger partial charge is 0.297 e. The van der Waals surface area contributed by atoms with Gasteiger partial charge in [-0.05, 0) is 30.2 Å². The van der Waals surface area contributed by atoms with Crippen LogP contribution in [-0.4, -0.2) is 14.3 Å². The van der Waals surface area contributed by atoms with Crippen LogP contribution in [0.25, 0.3) is 0 Å². The number of nitrogens with two attached hydrogens (primary N) is 1. The molecular weight excluding hydrogens is 288 g/mol. The van der Waals surface area contributed by atoms with E-state index in [4.69, 9.17) is 15.3 Å². The van der Waals surface area contributed by atoms with E-state index in [1.165, 1.54) is 6.07 Å². The molecule has 3 N–H and O–H groups in total. The van der Waals surface area contributed by atoms with Gasteiger partial charge in [-0.15, -0.1) is 0 Å². The molecule has 0 saturated carbocycles. The lowest BCUT2D eigenvalue weighted by molar-refractivity contribution is 0.308. The molecule has 5 nitrogen and oxygen atoms in total. The van der Waals surface area contributed by atoms with Gasteiger partial charge in [0.2, 0.25) is 0 Å². The van der Waals surface area contributed by atoms with E-state index in [-0.39, 0.29) is 17.3 Å². The highest BCUT2D eigenvalue weighted by Crippen LogP contribution is 2.16. The molecule has 0 unspecified atom stereocenters. The van der Waals surface area contributed by atoms with Crippen LogP contribution in [0.2, 0.25) is 0 Å². The predicted molar refractivity (Wildman–Crippen MR) is 80.6 cm³/mol. The van der Waals surface area contributed by atoms with Gasteiger partial charge in [0, 0.05) is 5.56 Å². The van der Waals surface area contributed by atoms with Gasteiger partial charge in [-0.3, -0.25) is 9.59 Å². The third kappa shape index (κ3) is 3.90. The Morgan fingerprint density at radius 1 is 1.19 bits per heavy atom. The fraction of sp³-hybridized carbons (Fsp3) is 0.133. The average Bonchev–Trinajstić information content (AvgIpc) is 2.45. The molecule has 0 spiro atoms. The molecule has 2 aromatic carbocycles. The molecule has 0 aromatic heterocycles. The van der Waals surface area contributed by atoms with Crippen molar-refractivity contribution in [1.82, 2.24) is 0 Å². The van der Waals surface area contributed by atoms with Crippen LogP contribution in [0.5, 0.6) is 0 Å². The van der Waals surface area contributed by atoms with Crippen LogP contribution < -0.4 is 5.73 Å². The van der Waals surface area contributed by atoms with Crippen LogP contribution in [0.3, 0.4) is 0 Å². The van der Waals surface area contributed by atoms with Gasteiger partial charge in [-0.1, -0.05) is 36.4 Å². The molecule has 0 aliphatic carbocycles. The largest absolute Gasteiger partial charge is 0.384 e. The Kier molecular flexibility index (Phi) is 4.40. The minimum atomic E-state index is -3.77. The average molecular weight is 304 g/mol. The van der Waals surface area contributed by atoms with E-state index in [1.807, 2.05) is 13.0 Å². The molecule has 0 aliphatic heterocycles. The zero-order chi connectivity index (χ0) is 15.5. The Morgan fingerprint density at radius 2 is 1.86 bits per heavy atom. The van der Waals surface area contributed by atoms with Crippen LogP contribution in [0.15, 0.2) is 53.4 Å². The molecule has 2 aromatic rings. The summed E-state index contributed by atoms with van der Waals surface area (Å²) < 4.78 is 29.2. The van der Waals surface area contributed by atoms with Crippen molar-refractivity contribution in [3.8, 4) is 0 Å². The lowest BCUT2D eigenvalue weighted by Gasteiger charge is -2.07. The van der Waals surface area contributed by atoms with E-state index in [9.17, 15) is 8.42 Å². The van der Waals surface area contributed by atoms with E-state index < -0.39 is 10.1 Å². The Labute approximate surface area is 124 Å². The van der Waals surface area contributed by atoms with E-state index in [0.717, 1.165) is 5.56 Å². The lowest BCUT2D eigenvalue weighted by Crippen LogP contribution is -2.11. The van der Waals surface area contributed by atoms with Gasteiger partial charge in [0.05, 0.1) is 11.5 Å². The van der Waals surface area contributed by atoms with Crippen molar-refractivity contribution >= 4 is 16.0 Å². The Balaban J connectivity index is 2.10. The van der Waals surface area contributed by atoms with Crippen LogP contribution >= 0.6 is 0 Å². The maximum Gasteiger partial charge on any atom is 0.297 e. The van der Waals surface area contributed by atoms with Crippen molar-refractivity contribution < 1.29 is 12.6 Å². The van der Waals surface area contributed by atoms with E-state index in [0.29, 0.717) is 11.1 Å². The second-order valence-electron chi connectivity index (χ2n) is 4.64. The molecule has 0 saturated heterocycles. The molecular formula is C15H16N2O3S. The Bertz CT molecular complexity index is 753. The van der Waals surface area contributed by atoms with Gasteiger partial charge in [0.25, 0.3) is 10.1 Å².